The molecule has 0 fully saturated rings. The van der Waals surface area contributed by atoms with E-state index < -0.39 is 0 Å². The van der Waals surface area contributed by atoms with E-state index in [1.165, 1.54) is 86.6 Å². The Morgan fingerprint density at radius 2 is 0.733 bits per heavy atom. The number of rotatable bonds is 8. The Hall–Kier alpha value is -7.52. The van der Waals surface area contributed by atoms with Crippen molar-refractivity contribution in [3.8, 4) is 55.6 Å². The van der Waals surface area contributed by atoms with Gasteiger partial charge in [0.2, 0.25) is 0 Å². The van der Waals surface area contributed by atoms with Crippen molar-refractivity contribution in [3.63, 3.8) is 0 Å². The molecule has 0 saturated carbocycles. The van der Waals surface area contributed by atoms with Gasteiger partial charge in [-0.3, -0.25) is 0 Å². The van der Waals surface area contributed by atoms with Crippen LogP contribution in [0.15, 0.2) is 237 Å². The zero-order chi connectivity index (χ0) is 39.8. The van der Waals surface area contributed by atoms with Gasteiger partial charge in [-0.2, -0.15) is 0 Å². The van der Waals surface area contributed by atoms with Gasteiger partial charge in [0.25, 0.3) is 0 Å². The number of benzene rings is 10. The van der Waals surface area contributed by atoms with E-state index in [-0.39, 0.29) is 0 Å². The second kappa shape index (κ2) is 15.3. The van der Waals surface area contributed by atoms with E-state index >= 15 is 0 Å². The number of fused-ring (bicyclic) bond motifs is 4. The van der Waals surface area contributed by atoms with Crippen LogP contribution in [0, 0.1) is 0 Å². The highest BCUT2D eigenvalue weighted by Crippen LogP contribution is 2.48. The van der Waals surface area contributed by atoms with Crippen LogP contribution in [0.25, 0.3) is 86.6 Å². The van der Waals surface area contributed by atoms with E-state index in [0.717, 1.165) is 17.1 Å². The summed E-state index contributed by atoms with van der Waals surface area (Å²) in [5.74, 6) is 0. The fraction of sp³-hybridized carbons (Fsp3) is 0. The maximum Gasteiger partial charge on any atom is 0.0640 e. The van der Waals surface area contributed by atoms with Crippen LogP contribution in [-0.4, -0.2) is 0 Å². The van der Waals surface area contributed by atoms with Crippen LogP contribution < -0.4 is 4.90 Å². The maximum atomic E-state index is 2.46. The molecule has 1 aromatic heterocycles. The van der Waals surface area contributed by atoms with Gasteiger partial charge in [0.1, 0.15) is 0 Å². The Morgan fingerprint density at radius 1 is 0.283 bits per heavy atom. The third-order valence-electron chi connectivity index (χ3n) is 11.7. The summed E-state index contributed by atoms with van der Waals surface area (Å²) in [5.41, 5.74) is 15.5. The van der Waals surface area contributed by atoms with Crippen molar-refractivity contribution in [2.75, 3.05) is 4.90 Å². The molecule has 0 spiro atoms. The summed E-state index contributed by atoms with van der Waals surface area (Å²) < 4.78 is 2.56. The molecule has 2 heteroatoms. The molecular weight excluding hydrogens is 743 g/mol. The fourth-order valence-corrected chi connectivity index (χ4v) is 10.2. The molecule has 0 aliphatic carbocycles. The molecule has 1 heterocycles. The second-order valence-corrected chi connectivity index (χ2v) is 16.2. The monoisotopic (exact) mass is 781 g/mol. The molecule has 10 aromatic carbocycles. The zero-order valence-corrected chi connectivity index (χ0v) is 33.7. The van der Waals surface area contributed by atoms with Crippen molar-refractivity contribution in [1.29, 1.82) is 0 Å². The summed E-state index contributed by atoms with van der Waals surface area (Å²) in [6, 6.07) is 86.0. The molecule has 282 valence electrons. The predicted octanol–water partition coefficient (Wildman–Crippen LogP) is 17.0. The molecule has 1 nitrogen and oxygen atoms in total. The molecule has 0 unspecified atom stereocenters. The minimum atomic E-state index is 1.10. The second-order valence-electron chi connectivity index (χ2n) is 15.2. The summed E-state index contributed by atoms with van der Waals surface area (Å²) in [5, 5.41) is 5.05. The molecule has 0 N–H and O–H groups in total. The third-order valence-corrected chi connectivity index (χ3v) is 13.0. The lowest BCUT2D eigenvalue weighted by Crippen LogP contribution is -2.10. The van der Waals surface area contributed by atoms with Crippen LogP contribution in [0.3, 0.4) is 0 Å². The lowest BCUT2D eigenvalue weighted by atomic mass is 9.91. The highest BCUT2D eigenvalue weighted by atomic mass is 32.1. The fourth-order valence-electron chi connectivity index (χ4n) is 8.88. The molecule has 0 aliphatic rings. The number of hydrogen-bond donors (Lipinski definition) is 0. The highest BCUT2D eigenvalue weighted by molar-refractivity contribution is 7.27. The van der Waals surface area contributed by atoms with Crippen molar-refractivity contribution < 1.29 is 0 Å². The minimum Gasteiger partial charge on any atom is -0.309 e. The van der Waals surface area contributed by atoms with E-state index in [1.807, 2.05) is 11.3 Å². The quantitative estimate of drug-likeness (QED) is 0.148. The van der Waals surface area contributed by atoms with Crippen LogP contribution in [0.5, 0.6) is 0 Å². The topological polar surface area (TPSA) is 3.24 Å². The predicted molar refractivity (Wildman–Crippen MR) is 259 cm³/mol. The lowest BCUT2D eigenvalue weighted by Gasteiger charge is -2.27. The smallest absolute Gasteiger partial charge is 0.0640 e. The maximum absolute atomic E-state index is 2.46. The van der Waals surface area contributed by atoms with Gasteiger partial charge in [0, 0.05) is 26.8 Å². The van der Waals surface area contributed by atoms with E-state index in [9.17, 15) is 0 Å². The average molecular weight is 782 g/mol. The number of hydrogen-bond acceptors (Lipinski definition) is 2. The SMILES string of the molecule is c1ccc(-c2ccc(N(c3ccc(-c4cccc5cccc(-c6ccccc6)c45)cc3)c3cccc4c3sc3c(-c5ccccc5)cccc34)cc2-c2ccccc2)cc1. The number of thiophene rings is 1. The van der Waals surface area contributed by atoms with Crippen molar-refractivity contribution in [3.05, 3.63) is 237 Å². The van der Waals surface area contributed by atoms with E-state index in [4.69, 9.17) is 0 Å². The first-order chi connectivity index (χ1) is 29.8. The molecule has 0 aliphatic heterocycles. The van der Waals surface area contributed by atoms with Gasteiger partial charge in [-0.25, -0.2) is 0 Å². The van der Waals surface area contributed by atoms with Gasteiger partial charge in [0.05, 0.1) is 10.4 Å². The third kappa shape index (κ3) is 6.35. The Morgan fingerprint density at radius 3 is 1.33 bits per heavy atom. The van der Waals surface area contributed by atoms with E-state index in [1.54, 1.807) is 0 Å². The summed E-state index contributed by atoms with van der Waals surface area (Å²) in [7, 11) is 0. The first kappa shape index (κ1) is 35.6. The van der Waals surface area contributed by atoms with Crippen LogP contribution in [0.4, 0.5) is 17.1 Å². The number of anilines is 3. The van der Waals surface area contributed by atoms with Crippen molar-refractivity contribution >= 4 is 59.3 Å². The zero-order valence-electron chi connectivity index (χ0n) is 32.9. The average Bonchev–Trinajstić information content (AvgIpc) is 3.72. The van der Waals surface area contributed by atoms with Crippen LogP contribution >= 0.6 is 11.3 Å². The largest absolute Gasteiger partial charge is 0.309 e. The highest BCUT2D eigenvalue weighted by Gasteiger charge is 2.21. The molecule has 11 rings (SSSR count). The molecule has 0 atom stereocenters. The first-order valence-corrected chi connectivity index (χ1v) is 21.3. The Kier molecular flexibility index (Phi) is 9.11. The van der Waals surface area contributed by atoms with Crippen molar-refractivity contribution in [2.24, 2.45) is 0 Å². The van der Waals surface area contributed by atoms with Gasteiger partial charge < -0.3 is 4.90 Å². The molecule has 0 saturated heterocycles. The van der Waals surface area contributed by atoms with E-state index in [2.05, 4.69) is 241 Å². The molecule has 60 heavy (non-hydrogen) atoms. The molecule has 11 aromatic rings. The summed E-state index contributed by atoms with van der Waals surface area (Å²) >= 11 is 1.89. The summed E-state index contributed by atoms with van der Waals surface area (Å²) in [4.78, 5) is 2.46. The van der Waals surface area contributed by atoms with Crippen LogP contribution in [0.2, 0.25) is 0 Å². The molecule has 0 bridgehead atoms. The van der Waals surface area contributed by atoms with E-state index in [0.29, 0.717) is 0 Å². The summed E-state index contributed by atoms with van der Waals surface area (Å²) in [6.07, 6.45) is 0. The van der Waals surface area contributed by atoms with Crippen molar-refractivity contribution in [2.45, 2.75) is 0 Å². The Bertz CT molecular complexity index is 3270. The van der Waals surface area contributed by atoms with Gasteiger partial charge in [0.15, 0.2) is 0 Å². The molecule has 0 amide bonds. The van der Waals surface area contributed by atoms with Crippen LogP contribution in [-0.2, 0) is 0 Å². The van der Waals surface area contributed by atoms with Crippen LogP contribution in [0.1, 0.15) is 0 Å². The Balaban J connectivity index is 1.12. The van der Waals surface area contributed by atoms with Gasteiger partial charge in [-0.1, -0.05) is 206 Å². The molecule has 0 radical (unpaired) electrons. The normalized spacial score (nSPS) is 11.3. The van der Waals surface area contributed by atoms with Gasteiger partial charge in [-0.05, 0) is 96.7 Å². The lowest BCUT2D eigenvalue weighted by molar-refractivity contribution is 1.30. The Labute approximate surface area is 354 Å². The minimum absolute atomic E-state index is 1.10. The van der Waals surface area contributed by atoms with Gasteiger partial charge >= 0.3 is 0 Å². The first-order valence-electron chi connectivity index (χ1n) is 20.5. The molecular formula is C58H39NS. The standard InChI is InChI=1S/C58H39NS/c1-5-17-40(18-6-1)48-38-37-47(39-54(48)43-23-11-4-12-24-43)59(55-32-16-31-53-52-30-15-29-51(57(52)60-58(53)55)42-21-9-3-10-22-42)46-35-33-44(34-36-46)50-28-14-26-45-25-13-27-49(56(45)50)41-19-7-2-8-20-41/h1-39H. The van der Waals surface area contributed by atoms with Gasteiger partial charge in [-0.15, -0.1) is 11.3 Å². The number of nitrogens with zero attached hydrogens (tertiary/aromatic N) is 1. The van der Waals surface area contributed by atoms with Crippen molar-refractivity contribution in [1.82, 2.24) is 0 Å². The summed E-state index contributed by atoms with van der Waals surface area (Å²) in [6.45, 7) is 0.